The Balaban J connectivity index is 4.50. The molecule has 5 nitrogen and oxygen atoms in total. The summed E-state index contributed by atoms with van der Waals surface area (Å²) in [6, 6.07) is 0. The lowest BCUT2D eigenvalue weighted by molar-refractivity contribution is -0.133. The first-order chi connectivity index (χ1) is 7.93. The van der Waals surface area contributed by atoms with E-state index in [1.165, 1.54) is 0 Å². The number of allylic oxidation sites excluding steroid dienone is 1. The number of aliphatic carboxylic acids is 2. The van der Waals surface area contributed by atoms with E-state index in [-0.39, 0.29) is 24.4 Å². The molecule has 0 heterocycles. The Labute approximate surface area is 100 Å². The topological polar surface area (TPSA) is 83.8 Å². The Morgan fingerprint density at radius 3 is 1.94 bits per heavy atom. The summed E-state index contributed by atoms with van der Waals surface area (Å²) in [5.74, 6) is -2.17. The molecule has 0 atom stereocenters. The Morgan fingerprint density at radius 2 is 1.59 bits per heavy atom. The number of carbonyl (C=O) groups is 2. The molecule has 0 bridgehead atoms. The van der Waals surface area contributed by atoms with Crippen molar-refractivity contribution in [2.24, 2.45) is 0 Å². The Morgan fingerprint density at radius 1 is 1.06 bits per heavy atom. The maximum atomic E-state index is 11.0. The van der Waals surface area contributed by atoms with Crippen LogP contribution in [0.5, 0.6) is 0 Å². The van der Waals surface area contributed by atoms with Gasteiger partial charge in [0.25, 0.3) is 0 Å². The SMILES string of the molecule is C=C(COCC(C(=O)O)=C(CC)CC)C(=O)O. The van der Waals surface area contributed by atoms with E-state index < -0.39 is 11.9 Å². The van der Waals surface area contributed by atoms with E-state index in [4.69, 9.17) is 14.9 Å². The minimum atomic E-state index is -1.14. The van der Waals surface area contributed by atoms with E-state index in [9.17, 15) is 9.59 Å². The van der Waals surface area contributed by atoms with Crippen LogP contribution in [0.2, 0.25) is 0 Å². The van der Waals surface area contributed by atoms with Gasteiger partial charge in [-0.15, -0.1) is 0 Å². The molecule has 0 saturated carbocycles. The molecule has 0 aromatic rings. The molecule has 0 fully saturated rings. The number of hydrogen-bond acceptors (Lipinski definition) is 3. The zero-order chi connectivity index (χ0) is 13.4. The summed E-state index contributed by atoms with van der Waals surface area (Å²) in [7, 11) is 0. The first kappa shape index (κ1) is 15.4. The lowest BCUT2D eigenvalue weighted by Crippen LogP contribution is -2.14. The Hall–Kier alpha value is -1.62. The third kappa shape index (κ3) is 5.31. The number of hydrogen-bond donors (Lipinski definition) is 2. The van der Waals surface area contributed by atoms with Gasteiger partial charge in [0, 0.05) is 0 Å². The lowest BCUT2D eigenvalue weighted by Gasteiger charge is -2.09. The van der Waals surface area contributed by atoms with Gasteiger partial charge in [0.1, 0.15) is 0 Å². The van der Waals surface area contributed by atoms with Gasteiger partial charge in [-0.05, 0) is 12.8 Å². The summed E-state index contributed by atoms with van der Waals surface area (Å²) < 4.78 is 5.05. The molecule has 2 N–H and O–H groups in total. The van der Waals surface area contributed by atoms with Gasteiger partial charge in [-0.25, -0.2) is 9.59 Å². The summed E-state index contributed by atoms with van der Waals surface area (Å²) in [5, 5.41) is 17.6. The maximum Gasteiger partial charge on any atom is 0.333 e. The summed E-state index contributed by atoms with van der Waals surface area (Å²) in [5.41, 5.74) is 0.913. The number of carboxylic acids is 2. The molecule has 0 spiro atoms. The minimum Gasteiger partial charge on any atom is -0.478 e. The van der Waals surface area contributed by atoms with Crippen LogP contribution in [0.3, 0.4) is 0 Å². The fourth-order valence-electron chi connectivity index (χ4n) is 1.33. The molecule has 0 aromatic carbocycles. The van der Waals surface area contributed by atoms with E-state index in [0.717, 1.165) is 5.57 Å². The second-order valence-electron chi connectivity index (χ2n) is 3.50. The average Bonchev–Trinajstić information content (AvgIpc) is 2.27. The van der Waals surface area contributed by atoms with Gasteiger partial charge in [0.2, 0.25) is 0 Å². The van der Waals surface area contributed by atoms with E-state index in [2.05, 4.69) is 6.58 Å². The Bertz CT molecular complexity index is 335. The standard InChI is InChI=1S/C12H18O5/c1-4-9(5-2)10(12(15)16)7-17-6-8(3)11(13)14/h3-7H2,1-2H3,(H,13,14)(H,15,16). The molecule has 0 aliphatic heterocycles. The van der Waals surface area contributed by atoms with Crippen LogP contribution >= 0.6 is 0 Å². The second kappa shape index (κ2) is 7.62. The highest BCUT2D eigenvalue weighted by Crippen LogP contribution is 2.13. The van der Waals surface area contributed by atoms with Crippen molar-refractivity contribution in [2.75, 3.05) is 13.2 Å². The van der Waals surface area contributed by atoms with Gasteiger partial charge in [-0.2, -0.15) is 0 Å². The predicted octanol–water partition coefficient (Wildman–Crippen LogP) is 1.85. The highest BCUT2D eigenvalue weighted by molar-refractivity contribution is 5.88. The normalized spacial score (nSPS) is 9.76. The highest BCUT2D eigenvalue weighted by Gasteiger charge is 2.13. The molecule has 5 heteroatoms. The molecule has 96 valence electrons. The third-order valence-electron chi connectivity index (χ3n) is 2.36. The minimum absolute atomic E-state index is 0.0933. The van der Waals surface area contributed by atoms with E-state index >= 15 is 0 Å². The van der Waals surface area contributed by atoms with Gasteiger partial charge >= 0.3 is 11.9 Å². The summed E-state index contributed by atoms with van der Waals surface area (Å²) in [6.07, 6.45) is 1.28. The quantitative estimate of drug-likeness (QED) is 0.634. The maximum absolute atomic E-state index is 11.0. The van der Waals surface area contributed by atoms with Crippen LogP contribution in [0.4, 0.5) is 0 Å². The van der Waals surface area contributed by atoms with Crippen LogP contribution in [0.1, 0.15) is 26.7 Å². The number of rotatable bonds is 8. The summed E-state index contributed by atoms with van der Waals surface area (Å²) in [6.45, 7) is 6.77. The van der Waals surface area contributed by atoms with E-state index in [0.29, 0.717) is 12.8 Å². The molecular weight excluding hydrogens is 224 g/mol. The fourth-order valence-corrected chi connectivity index (χ4v) is 1.33. The van der Waals surface area contributed by atoms with Crippen molar-refractivity contribution in [1.29, 1.82) is 0 Å². The molecule has 0 amide bonds. The van der Waals surface area contributed by atoms with Crippen LogP contribution in [0, 0.1) is 0 Å². The molecule has 17 heavy (non-hydrogen) atoms. The first-order valence-electron chi connectivity index (χ1n) is 5.36. The van der Waals surface area contributed by atoms with Crippen molar-refractivity contribution in [3.63, 3.8) is 0 Å². The Kier molecular flexibility index (Phi) is 6.89. The molecular formula is C12H18O5. The van der Waals surface area contributed by atoms with Crippen molar-refractivity contribution >= 4 is 11.9 Å². The first-order valence-corrected chi connectivity index (χ1v) is 5.36. The van der Waals surface area contributed by atoms with Crippen LogP contribution in [0.15, 0.2) is 23.3 Å². The molecule has 0 aliphatic rings. The van der Waals surface area contributed by atoms with Crippen molar-refractivity contribution in [3.8, 4) is 0 Å². The van der Waals surface area contributed by atoms with Crippen LogP contribution < -0.4 is 0 Å². The van der Waals surface area contributed by atoms with Gasteiger partial charge in [0.05, 0.1) is 24.4 Å². The van der Waals surface area contributed by atoms with Crippen LogP contribution in [-0.2, 0) is 14.3 Å². The second-order valence-corrected chi connectivity index (χ2v) is 3.50. The van der Waals surface area contributed by atoms with Gasteiger partial charge in [-0.1, -0.05) is 26.0 Å². The van der Waals surface area contributed by atoms with Crippen molar-refractivity contribution in [1.82, 2.24) is 0 Å². The summed E-state index contributed by atoms with van der Waals surface area (Å²) >= 11 is 0. The van der Waals surface area contributed by atoms with Gasteiger partial charge < -0.3 is 14.9 Å². The largest absolute Gasteiger partial charge is 0.478 e. The predicted molar refractivity (Wildman–Crippen MR) is 62.8 cm³/mol. The van der Waals surface area contributed by atoms with Gasteiger partial charge in [0.15, 0.2) is 0 Å². The molecule has 0 aromatic heterocycles. The zero-order valence-electron chi connectivity index (χ0n) is 10.2. The van der Waals surface area contributed by atoms with E-state index in [1.54, 1.807) is 0 Å². The average molecular weight is 242 g/mol. The fraction of sp³-hybridized carbons (Fsp3) is 0.500. The number of ether oxygens (including phenoxy) is 1. The molecule has 0 aliphatic carbocycles. The lowest BCUT2D eigenvalue weighted by atomic mass is 10.0. The van der Waals surface area contributed by atoms with Crippen LogP contribution in [-0.4, -0.2) is 35.4 Å². The highest BCUT2D eigenvalue weighted by atomic mass is 16.5. The molecule has 0 radical (unpaired) electrons. The van der Waals surface area contributed by atoms with Crippen LogP contribution in [0.25, 0.3) is 0 Å². The summed E-state index contributed by atoms with van der Waals surface area (Å²) in [4.78, 5) is 21.4. The number of carboxylic acid groups (broad SMARTS) is 2. The smallest absolute Gasteiger partial charge is 0.333 e. The monoisotopic (exact) mass is 242 g/mol. The van der Waals surface area contributed by atoms with Gasteiger partial charge in [-0.3, -0.25) is 0 Å². The van der Waals surface area contributed by atoms with Crippen molar-refractivity contribution in [3.05, 3.63) is 23.3 Å². The van der Waals surface area contributed by atoms with Crippen molar-refractivity contribution in [2.45, 2.75) is 26.7 Å². The van der Waals surface area contributed by atoms with Crippen molar-refractivity contribution < 1.29 is 24.5 Å². The molecule has 0 unspecified atom stereocenters. The third-order valence-corrected chi connectivity index (χ3v) is 2.36. The zero-order valence-corrected chi connectivity index (χ0v) is 10.2. The molecule has 0 rings (SSSR count). The molecule has 0 saturated heterocycles. The van der Waals surface area contributed by atoms with E-state index in [1.807, 2.05) is 13.8 Å².